The van der Waals surface area contributed by atoms with E-state index in [0.717, 1.165) is 4.47 Å². The third-order valence-corrected chi connectivity index (χ3v) is 1.77. The lowest BCUT2D eigenvalue weighted by atomic mass is 10.4. The van der Waals surface area contributed by atoms with Gasteiger partial charge in [0.05, 0.1) is 11.1 Å². The molecule has 0 fully saturated rings. The zero-order valence-electron chi connectivity index (χ0n) is 8.16. The van der Waals surface area contributed by atoms with E-state index in [9.17, 15) is 4.79 Å². The molecule has 0 saturated heterocycles. The number of rotatable bonds is 2. The molecule has 0 spiro atoms. The van der Waals surface area contributed by atoms with Crippen LogP contribution in [0.1, 0.15) is 19.2 Å². The van der Waals surface area contributed by atoms with Crippen molar-refractivity contribution >= 4 is 21.9 Å². The van der Waals surface area contributed by atoms with Crippen LogP contribution in [-0.2, 0) is 9.53 Å². The number of carbonyl (C=O) groups is 1. The zero-order chi connectivity index (χ0) is 11.1. The number of aromatic nitrogens is 2. The molecule has 78 valence electrons. The van der Waals surface area contributed by atoms with Crippen LogP contribution in [0.15, 0.2) is 16.9 Å². The van der Waals surface area contributed by atoms with Crippen molar-refractivity contribution in [2.45, 2.75) is 13.3 Å². The molecule has 1 aromatic heterocycles. The highest BCUT2D eigenvalue weighted by Crippen LogP contribution is 2.03. The number of nitrogens with zero attached hydrogens (tertiary/aromatic N) is 2. The number of hydrogen-bond donors (Lipinski definition) is 0. The molecule has 0 N–H and O–H groups in total. The van der Waals surface area contributed by atoms with E-state index in [-0.39, 0.29) is 12.4 Å². The number of esters is 1. The molecule has 5 heteroatoms. The van der Waals surface area contributed by atoms with Crippen LogP contribution in [0.3, 0.4) is 0 Å². The highest BCUT2D eigenvalue weighted by atomic mass is 79.9. The van der Waals surface area contributed by atoms with Gasteiger partial charge < -0.3 is 4.74 Å². The molecule has 15 heavy (non-hydrogen) atoms. The Morgan fingerprint density at radius 2 is 2.20 bits per heavy atom. The molecule has 4 nitrogen and oxygen atoms in total. The summed E-state index contributed by atoms with van der Waals surface area (Å²) in [5, 5.41) is 0. The number of carbonyl (C=O) groups excluding carboxylic acids is 1. The predicted octanol–water partition coefficient (Wildman–Crippen LogP) is 1.54. The Bertz CT molecular complexity index is 392. The average molecular weight is 269 g/mol. The van der Waals surface area contributed by atoms with E-state index in [2.05, 4.69) is 37.7 Å². The number of halogens is 1. The summed E-state index contributed by atoms with van der Waals surface area (Å²) in [5.41, 5.74) is 0. The summed E-state index contributed by atoms with van der Waals surface area (Å²) in [7, 11) is 0. The maximum absolute atomic E-state index is 10.9. The molecule has 0 amide bonds. The minimum atomic E-state index is -0.331. The smallest absolute Gasteiger partial charge is 0.317 e. The largest absolute Gasteiger partial charge is 0.465 e. The standard InChI is InChI=1S/C10H9BrN2O2/c1-2-15-10(14)5-3-4-9-12-6-8(11)7-13-9/h6-7H,2,5H2,1H3. The van der Waals surface area contributed by atoms with E-state index < -0.39 is 0 Å². The summed E-state index contributed by atoms with van der Waals surface area (Å²) in [6.07, 6.45) is 3.26. The SMILES string of the molecule is CCOC(=O)CC#Cc1ncc(Br)cn1. The topological polar surface area (TPSA) is 52.1 Å². The van der Waals surface area contributed by atoms with Crippen LogP contribution in [0.2, 0.25) is 0 Å². The molecular weight excluding hydrogens is 260 g/mol. The van der Waals surface area contributed by atoms with E-state index in [0.29, 0.717) is 12.4 Å². The Balaban J connectivity index is 2.51. The molecule has 0 saturated carbocycles. The predicted molar refractivity (Wildman–Crippen MR) is 57.9 cm³/mol. The number of hydrogen-bond acceptors (Lipinski definition) is 4. The first-order valence-corrected chi connectivity index (χ1v) is 5.13. The summed E-state index contributed by atoms with van der Waals surface area (Å²) in [4.78, 5) is 18.8. The van der Waals surface area contributed by atoms with Crippen molar-refractivity contribution in [2.75, 3.05) is 6.61 Å². The van der Waals surface area contributed by atoms with Crippen molar-refractivity contribution in [1.82, 2.24) is 9.97 Å². The Morgan fingerprint density at radius 1 is 1.53 bits per heavy atom. The van der Waals surface area contributed by atoms with Gasteiger partial charge in [0.2, 0.25) is 5.82 Å². The van der Waals surface area contributed by atoms with Crippen molar-refractivity contribution in [3.05, 3.63) is 22.7 Å². The van der Waals surface area contributed by atoms with E-state index in [1.807, 2.05) is 0 Å². The molecule has 0 atom stereocenters. The fourth-order valence-corrected chi connectivity index (χ4v) is 0.989. The highest BCUT2D eigenvalue weighted by Gasteiger charge is 1.96. The van der Waals surface area contributed by atoms with Gasteiger partial charge in [0, 0.05) is 12.4 Å². The van der Waals surface area contributed by atoms with Gasteiger partial charge in [-0.25, -0.2) is 9.97 Å². The number of ether oxygens (including phenoxy) is 1. The Kier molecular flexibility index (Phi) is 4.78. The van der Waals surface area contributed by atoms with Crippen molar-refractivity contribution in [3.63, 3.8) is 0 Å². The van der Waals surface area contributed by atoms with Gasteiger partial charge in [-0.2, -0.15) is 0 Å². The van der Waals surface area contributed by atoms with E-state index in [1.165, 1.54) is 0 Å². The Labute approximate surface area is 96.2 Å². The molecule has 0 aliphatic rings. The molecule has 0 bridgehead atoms. The van der Waals surface area contributed by atoms with E-state index in [4.69, 9.17) is 4.74 Å². The molecule has 0 radical (unpaired) electrons. The average Bonchev–Trinajstić information content (AvgIpc) is 2.21. The normalized spacial score (nSPS) is 8.93. The van der Waals surface area contributed by atoms with Crippen LogP contribution < -0.4 is 0 Å². The minimum absolute atomic E-state index is 0.0628. The van der Waals surface area contributed by atoms with Crippen LogP contribution in [0.4, 0.5) is 0 Å². The molecule has 1 heterocycles. The summed E-state index contributed by atoms with van der Waals surface area (Å²) in [5.74, 6) is 5.37. The molecule has 0 aliphatic heterocycles. The van der Waals surface area contributed by atoms with Gasteiger partial charge in [0.15, 0.2) is 0 Å². The second-order valence-electron chi connectivity index (χ2n) is 2.51. The van der Waals surface area contributed by atoms with Crippen LogP contribution in [0.25, 0.3) is 0 Å². The van der Waals surface area contributed by atoms with Crippen molar-refractivity contribution in [3.8, 4) is 11.8 Å². The maximum atomic E-state index is 10.9. The van der Waals surface area contributed by atoms with E-state index >= 15 is 0 Å². The molecular formula is C10H9BrN2O2. The third kappa shape index (κ3) is 4.56. The zero-order valence-corrected chi connectivity index (χ0v) is 9.74. The molecule has 1 aromatic rings. The molecule has 0 aliphatic carbocycles. The lowest BCUT2D eigenvalue weighted by Crippen LogP contribution is -2.01. The highest BCUT2D eigenvalue weighted by molar-refractivity contribution is 9.10. The van der Waals surface area contributed by atoms with Gasteiger partial charge in [0.25, 0.3) is 0 Å². The van der Waals surface area contributed by atoms with E-state index in [1.54, 1.807) is 19.3 Å². The summed E-state index contributed by atoms with van der Waals surface area (Å²) in [6.45, 7) is 2.12. The van der Waals surface area contributed by atoms with Gasteiger partial charge in [-0.05, 0) is 28.8 Å². The van der Waals surface area contributed by atoms with Gasteiger partial charge >= 0.3 is 5.97 Å². The fraction of sp³-hybridized carbons (Fsp3) is 0.300. The summed E-state index contributed by atoms with van der Waals surface area (Å²) < 4.78 is 5.50. The van der Waals surface area contributed by atoms with Gasteiger partial charge in [-0.15, -0.1) is 0 Å². The van der Waals surface area contributed by atoms with Gasteiger partial charge in [0.1, 0.15) is 6.42 Å². The van der Waals surface area contributed by atoms with Gasteiger partial charge in [-0.1, -0.05) is 5.92 Å². The van der Waals surface area contributed by atoms with Crippen molar-refractivity contribution in [1.29, 1.82) is 0 Å². The first-order valence-electron chi connectivity index (χ1n) is 4.34. The lowest BCUT2D eigenvalue weighted by Gasteiger charge is -1.94. The van der Waals surface area contributed by atoms with Crippen LogP contribution >= 0.6 is 15.9 Å². The Hall–Kier alpha value is -1.41. The second-order valence-corrected chi connectivity index (χ2v) is 3.42. The first kappa shape index (κ1) is 11.7. The minimum Gasteiger partial charge on any atom is -0.465 e. The maximum Gasteiger partial charge on any atom is 0.317 e. The van der Waals surface area contributed by atoms with Crippen LogP contribution in [0.5, 0.6) is 0 Å². The quantitative estimate of drug-likeness (QED) is 0.603. The summed E-state index contributed by atoms with van der Waals surface area (Å²) in [6, 6.07) is 0. The lowest BCUT2D eigenvalue weighted by molar-refractivity contribution is -0.141. The monoisotopic (exact) mass is 268 g/mol. The van der Waals surface area contributed by atoms with Crippen molar-refractivity contribution in [2.24, 2.45) is 0 Å². The third-order valence-electron chi connectivity index (χ3n) is 1.36. The first-order chi connectivity index (χ1) is 7.22. The van der Waals surface area contributed by atoms with Crippen molar-refractivity contribution < 1.29 is 9.53 Å². The van der Waals surface area contributed by atoms with Gasteiger partial charge in [-0.3, -0.25) is 4.79 Å². The van der Waals surface area contributed by atoms with Crippen LogP contribution in [0, 0.1) is 11.8 Å². The van der Waals surface area contributed by atoms with Crippen LogP contribution in [-0.4, -0.2) is 22.5 Å². The second kappa shape index (κ2) is 6.14. The fourth-order valence-electron chi connectivity index (χ4n) is 0.784. The Morgan fingerprint density at radius 3 is 2.80 bits per heavy atom. The molecule has 0 unspecified atom stereocenters. The molecule has 1 rings (SSSR count). The molecule has 0 aromatic carbocycles. The summed E-state index contributed by atoms with van der Waals surface area (Å²) >= 11 is 3.21.